The van der Waals surface area contributed by atoms with Gasteiger partial charge in [-0.25, -0.2) is 4.98 Å². The molecule has 0 aliphatic rings. The fourth-order valence-electron chi connectivity index (χ4n) is 1.56. The third-order valence-corrected chi connectivity index (χ3v) is 4.34. The second kappa shape index (κ2) is 5.07. The van der Waals surface area contributed by atoms with Crippen molar-refractivity contribution in [1.29, 1.82) is 0 Å². The fourth-order valence-corrected chi connectivity index (χ4v) is 3.25. The molecular weight excluding hydrogens is 277 g/mol. The number of nitrogens with two attached hydrogens (primary N) is 1. The van der Waals surface area contributed by atoms with Crippen LogP contribution in [0.5, 0.6) is 0 Å². The maximum atomic E-state index is 12.1. The third-order valence-electron chi connectivity index (χ3n) is 2.32. The molecule has 0 radical (unpaired) electrons. The maximum Gasteiger partial charge on any atom is 0.260 e. The zero-order chi connectivity index (χ0) is 13.3. The first kappa shape index (κ1) is 13.0. The molecule has 1 amide bonds. The number of halogens is 1. The Labute approximate surface area is 110 Å². The Morgan fingerprint density at radius 3 is 2.94 bits per heavy atom. The van der Waals surface area contributed by atoms with Crippen LogP contribution < -0.4 is 11.3 Å². The number of amides is 1. The molecule has 0 atom stereocenters. The Hall–Kier alpha value is -1.41. The number of hydrogen-bond donors (Lipinski definition) is 2. The van der Waals surface area contributed by atoms with Crippen LogP contribution in [0.25, 0.3) is 10.2 Å². The van der Waals surface area contributed by atoms with Crippen molar-refractivity contribution < 1.29 is 9.18 Å². The van der Waals surface area contributed by atoms with Gasteiger partial charge in [-0.2, -0.15) is 0 Å². The number of aromatic amines is 1. The average molecular weight is 287 g/mol. The van der Waals surface area contributed by atoms with E-state index in [2.05, 4.69) is 9.97 Å². The molecule has 2 heterocycles. The lowest BCUT2D eigenvalue weighted by molar-refractivity contribution is 0.100. The molecule has 2 aromatic rings. The molecule has 2 rings (SSSR count). The molecule has 18 heavy (non-hydrogen) atoms. The maximum absolute atomic E-state index is 12.1. The minimum Gasteiger partial charge on any atom is -0.365 e. The Bertz CT molecular complexity index is 665. The number of aromatic nitrogens is 2. The van der Waals surface area contributed by atoms with E-state index in [4.69, 9.17) is 5.73 Å². The predicted molar refractivity (Wildman–Crippen MR) is 70.2 cm³/mol. The number of alkyl halides is 1. The second-order valence-electron chi connectivity index (χ2n) is 3.51. The minimum atomic E-state index is -0.576. The zero-order valence-electron chi connectivity index (χ0n) is 9.45. The molecule has 0 aliphatic heterocycles. The van der Waals surface area contributed by atoms with Crippen molar-refractivity contribution in [1.82, 2.24) is 9.97 Å². The van der Waals surface area contributed by atoms with Gasteiger partial charge in [0.2, 0.25) is 0 Å². The predicted octanol–water partition coefficient (Wildman–Crippen LogP) is 1.45. The van der Waals surface area contributed by atoms with Gasteiger partial charge in [-0.3, -0.25) is 14.0 Å². The van der Waals surface area contributed by atoms with E-state index in [1.165, 1.54) is 0 Å². The first-order chi connectivity index (χ1) is 8.54. The largest absolute Gasteiger partial charge is 0.365 e. The molecule has 5 nitrogen and oxygen atoms in total. The van der Waals surface area contributed by atoms with Crippen molar-refractivity contribution in [3.63, 3.8) is 0 Å². The lowest BCUT2D eigenvalue weighted by Crippen LogP contribution is -2.12. The van der Waals surface area contributed by atoms with Crippen molar-refractivity contribution in [3.05, 3.63) is 20.8 Å². The van der Waals surface area contributed by atoms with Crippen LogP contribution in [0.4, 0.5) is 4.39 Å². The van der Waals surface area contributed by atoms with Gasteiger partial charge >= 0.3 is 0 Å². The molecule has 3 N–H and O–H groups in total. The van der Waals surface area contributed by atoms with Gasteiger partial charge in [0.15, 0.2) is 5.16 Å². The number of aryl methyl sites for hydroxylation is 1. The number of nitrogens with one attached hydrogen (secondary N) is 1. The van der Waals surface area contributed by atoms with Crippen LogP contribution in [-0.4, -0.2) is 28.3 Å². The van der Waals surface area contributed by atoms with Gasteiger partial charge in [-0.1, -0.05) is 11.8 Å². The highest BCUT2D eigenvalue weighted by Crippen LogP contribution is 2.27. The summed E-state index contributed by atoms with van der Waals surface area (Å²) < 4.78 is 12.1. The van der Waals surface area contributed by atoms with Gasteiger partial charge in [0.1, 0.15) is 4.83 Å². The highest BCUT2D eigenvalue weighted by molar-refractivity contribution is 7.99. The Kier molecular flexibility index (Phi) is 3.67. The van der Waals surface area contributed by atoms with E-state index in [0.29, 0.717) is 25.8 Å². The number of thiophene rings is 1. The van der Waals surface area contributed by atoms with Gasteiger partial charge in [0.25, 0.3) is 11.5 Å². The standard InChI is InChI=1S/C10H10FN3O2S2/c1-4-5-8(16)13-10(17-3-2-11)14-9(5)18-6(4)7(12)15/h2-3H2,1H3,(H2,12,15)(H,13,14,16). The van der Waals surface area contributed by atoms with Gasteiger partial charge in [-0.15, -0.1) is 11.3 Å². The van der Waals surface area contributed by atoms with E-state index in [0.717, 1.165) is 23.1 Å². The Morgan fingerprint density at radius 2 is 2.33 bits per heavy atom. The summed E-state index contributed by atoms with van der Waals surface area (Å²) in [7, 11) is 0. The van der Waals surface area contributed by atoms with Gasteiger partial charge in [0, 0.05) is 5.75 Å². The summed E-state index contributed by atoms with van der Waals surface area (Å²) in [6, 6.07) is 0. The normalized spacial score (nSPS) is 11.0. The minimum absolute atomic E-state index is 0.224. The van der Waals surface area contributed by atoms with E-state index < -0.39 is 12.6 Å². The van der Waals surface area contributed by atoms with E-state index in [-0.39, 0.29) is 11.3 Å². The van der Waals surface area contributed by atoms with Crippen LogP contribution in [0, 0.1) is 6.92 Å². The molecule has 0 saturated carbocycles. The lowest BCUT2D eigenvalue weighted by atomic mass is 10.2. The molecule has 0 unspecified atom stereocenters. The highest BCUT2D eigenvalue weighted by atomic mass is 32.2. The molecule has 0 fully saturated rings. The number of fused-ring (bicyclic) bond motifs is 1. The fraction of sp³-hybridized carbons (Fsp3) is 0.300. The van der Waals surface area contributed by atoms with E-state index in [1.807, 2.05) is 0 Å². The number of thioether (sulfide) groups is 1. The summed E-state index contributed by atoms with van der Waals surface area (Å²) in [5.74, 6) is -0.352. The van der Waals surface area contributed by atoms with Crippen LogP contribution in [0.1, 0.15) is 15.2 Å². The second-order valence-corrected chi connectivity index (χ2v) is 5.59. The highest BCUT2D eigenvalue weighted by Gasteiger charge is 2.17. The summed E-state index contributed by atoms with van der Waals surface area (Å²) >= 11 is 2.20. The SMILES string of the molecule is Cc1c(C(N)=O)sc2nc(SCCF)[nH]c(=O)c12. The Morgan fingerprint density at radius 1 is 1.61 bits per heavy atom. The van der Waals surface area contributed by atoms with Crippen LogP contribution in [-0.2, 0) is 0 Å². The molecule has 0 spiro atoms. The number of carbonyl (C=O) groups is 1. The summed E-state index contributed by atoms with van der Waals surface area (Å²) in [4.78, 5) is 30.6. The Balaban J connectivity index is 2.60. The molecule has 2 aromatic heterocycles. The molecule has 96 valence electrons. The van der Waals surface area contributed by atoms with Crippen LogP contribution in [0.15, 0.2) is 9.95 Å². The number of H-pyrrole nitrogens is 1. The smallest absolute Gasteiger partial charge is 0.260 e. The van der Waals surface area contributed by atoms with E-state index >= 15 is 0 Å². The van der Waals surface area contributed by atoms with Crippen molar-refractivity contribution in [2.24, 2.45) is 5.73 Å². The first-order valence-electron chi connectivity index (χ1n) is 5.06. The molecule has 8 heteroatoms. The number of primary amides is 1. The quantitative estimate of drug-likeness (QED) is 0.658. The molecule has 0 aliphatic carbocycles. The summed E-state index contributed by atoms with van der Waals surface area (Å²) in [5.41, 5.74) is 5.43. The van der Waals surface area contributed by atoms with Crippen molar-refractivity contribution in [2.45, 2.75) is 12.1 Å². The van der Waals surface area contributed by atoms with E-state index in [1.54, 1.807) is 6.92 Å². The van der Waals surface area contributed by atoms with Gasteiger partial charge in [-0.05, 0) is 12.5 Å². The average Bonchev–Trinajstić information content (AvgIpc) is 2.64. The monoisotopic (exact) mass is 287 g/mol. The molecule has 0 saturated heterocycles. The number of hydrogen-bond acceptors (Lipinski definition) is 5. The van der Waals surface area contributed by atoms with Gasteiger partial charge < -0.3 is 10.7 Å². The van der Waals surface area contributed by atoms with Crippen LogP contribution in [0.2, 0.25) is 0 Å². The molecular formula is C10H10FN3O2S2. The molecule has 0 aromatic carbocycles. The molecule has 0 bridgehead atoms. The van der Waals surface area contributed by atoms with Crippen molar-refractivity contribution in [2.75, 3.05) is 12.4 Å². The third kappa shape index (κ3) is 2.25. The van der Waals surface area contributed by atoms with Crippen LogP contribution in [0.3, 0.4) is 0 Å². The number of rotatable bonds is 4. The first-order valence-corrected chi connectivity index (χ1v) is 6.86. The van der Waals surface area contributed by atoms with Gasteiger partial charge in [0.05, 0.1) is 16.9 Å². The lowest BCUT2D eigenvalue weighted by Gasteiger charge is -1.98. The summed E-state index contributed by atoms with van der Waals surface area (Å²) in [6.45, 7) is 1.16. The number of nitrogens with zero attached hydrogens (tertiary/aromatic N) is 1. The van der Waals surface area contributed by atoms with Crippen LogP contribution >= 0.6 is 23.1 Å². The summed E-state index contributed by atoms with van der Waals surface area (Å²) in [6.07, 6.45) is 0. The van der Waals surface area contributed by atoms with E-state index in [9.17, 15) is 14.0 Å². The topological polar surface area (TPSA) is 88.8 Å². The van der Waals surface area contributed by atoms with Crippen molar-refractivity contribution in [3.8, 4) is 0 Å². The summed E-state index contributed by atoms with van der Waals surface area (Å²) in [5, 5.41) is 0.723. The van der Waals surface area contributed by atoms with Crippen molar-refractivity contribution >= 4 is 39.2 Å². The zero-order valence-corrected chi connectivity index (χ0v) is 11.1. The number of carbonyl (C=O) groups excluding carboxylic acids is 1.